The molecule has 0 atom stereocenters. The fourth-order valence-electron chi connectivity index (χ4n) is 2.47. The number of hydrogen-bond acceptors (Lipinski definition) is 3. The number of hydrogen-bond donors (Lipinski definition) is 0. The van der Waals surface area contributed by atoms with Gasteiger partial charge in [-0.2, -0.15) is 0 Å². The Hall–Kier alpha value is -2.29. The summed E-state index contributed by atoms with van der Waals surface area (Å²) in [5, 5.41) is 0. The van der Waals surface area contributed by atoms with Crippen molar-refractivity contribution in [2.24, 2.45) is 0 Å². The highest BCUT2D eigenvalue weighted by molar-refractivity contribution is 5.65. The van der Waals surface area contributed by atoms with Crippen molar-refractivity contribution in [2.75, 3.05) is 0 Å². The standard InChI is InChI=1S/C19H22O3/c1-5-15-11-12-18(22-21-14(2)20)17(13-15)19(3,4)16-9-7-6-8-10-16/h6-13H,5H2,1-4H3. The van der Waals surface area contributed by atoms with Crippen molar-refractivity contribution in [1.29, 1.82) is 0 Å². The fourth-order valence-corrected chi connectivity index (χ4v) is 2.47. The van der Waals surface area contributed by atoms with E-state index in [0.717, 1.165) is 12.0 Å². The molecule has 2 aromatic carbocycles. The summed E-state index contributed by atoms with van der Waals surface area (Å²) in [6, 6.07) is 16.2. The molecule has 0 unspecified atom stereocenters. The second kappa shape index (κ2) is 6.65. The highest BCUT2D eigenvalue weighted by Crippen LogP contribution is 2.38. The predicted octanol–water partition coefficient (Wildman–Crippen LogP) is 4.43. The molecule has 0 spiro atoms. The Morgan fingerprint density at radius 2 is 1.77 bits per heavy atom. The van der Waals surface area contributed by atoms with Crippen LogP contribution in [0.3, 0.4) is 0 Å². The molecule has 0 heterocycles. The smallest absolute Gasteiger partial charge is 0.287 e. The van der Waals surface area contributed by atoms with Gasteiger partial charge in [0.25, 0.3) is 0 Å². The van der Waals surface area contributed by atoms with Crippen LogP contribution in [0.15, 0.2) is 48.5 Å². The van der Waals surface area contributed by atoms with Gasteiger partial charge in [-0.15, -0.1) is 0 Å². The molecule has 0 saturated carbocycles. The normalized spacial score (nSPS) is 11.1. The van der Waals surface area contributed by atoms with E-state index in [4.69, 9.17) is 9.78 Å². The summed E-state index contributed by atoms with van der Waals surface area (Å²) < 4.78 is 0. The maximum Gasteiger partial charge on any atom is 0.352 e. The minimum absolute atomic E-state index is 0.262. The van der Waals surface area contributed by atoms with Crippen LogP contribution in [0.5, 0.6) is 5.75 Å². The third-order valence-corrected chi connectivity index (χ3v) is 3.87. The van der Waals surface area contributed by atoms with Gasteiger partial charge in [-0.05, 0) is 23.6 Å². The Morgan fingerprint density at radius 1 is 1.09 bits per heavy atom. The van der Waals surface area contributed by atoms with Gasteiger partial charge in [0.15, 0.2) is 5.75 Å². The lowest BCUT2D eigenvalue weighted by Gasteiger charge is -2.28. The summed E-state index contributed by atoms with van der Waals surface area (Å²) in [5.74, 6) is 0.101. The molecule has 3 nitrogen and oxygen atoms in total. The molecule has 0 bridgehead atoms. The summed E-state index contributed by atoms with van der Waals surface area (Å²) in [6.45, 7) is 7.71. The maximum atomic E-state index is 11.0. The average Bonchev–Trinajstić information content (AvgIpc) is 2.53. The SMILES string of the molecule is CCc1ccc(OOC(C)=O)c(C(C)(C)c2ccccc2)c1. The monoisotopic (exact) mass is 298 g/mol. The predicted molar refractivity (Wildman–Crippen MR) is 86.8 cm³/mol. The molecule has 0 aliphatic carbocycles. The van der Waals surface area contributed by atoms with Crippen molar-refractivity contribution < 1.29 is 14.6 Å². The van der Waals surface area contributed by atoms with Gasteiger partial charge in [-0.3, -0.25) is 9.78 Å². The molecule has 2 rings (SSSR count). The summed E-state index contributed by atoms with van der Waals surface area (Å²) in [6.07, 6.45) is 0.936. The van der Waals surface area contributed by atoms with Gasteiger partial charge in [-0.1, -0.05) is 63.2 Å². The Kier molecular flexibility index (Phi) is 4.86. The van der Waals surface area contributed by atoms with Gasteiger partial charge in [0.1, 0.15) is 0 Å². The lowest BCUT2D eigenvalue weighted by atomic mass is 9.77. The Morgan fingerprint density at radius 3 is 2.36 bits per heavy atom. The molecule has 116 valence electrons. The molecule has 0 aromatic heterocycles. The Labute approximate surface area is 131 Å². The van der Waals surface area contributed by atoms with Gasteiger partial charge in [0.05, 0.1) is 0 Å². The third kappa shape index (κ3) is 3.48. The zero-order valence-corrected chi connectivity index (χ0v) is 13.6. The number of carbonyl (C=O) groups excluding carboxylic acids is 1. The molecule has 0 radical (unpaired) electrons. The van der Waals surface area contributed by atoms with Crippen molar-refractivity contribution in [3.63, 3.8) is 0 Å². The average molecular weight is 298 g/mol. The minimum atomic E-state index is -0.469. The third-order valence-electron chi connectivity index (χ3n) is 3.87. The van der Waals surface area contributed by atoms with E-state index >= 15 is 0 Å². The highest BCUT2D eigenvalue weighted by Gasteiger charge is 2.27. The first-order chi connectivity index (χ1) is 10.4. The van der Waals surface area contributed by atoms with Crippen molar-refractivity contribution in [3.05, 3.63) is 65.2 Å². The summed E-state index contributed by atoms with van der Waals surface area (Å²) in [5.41, 5.74) is 3.13. The summed E-state index contributed by atoms with van der Waals surface area (Å²) in [4.78, 5) is 21.0. The molecule has 3 heteroatoms. The second-order valence-electron chi connectivity index (χ2n) is 5.83. The van der Waals surface area contributed by atoms with Gasteiger partial charge < -0.3 is 0 Å². The lowest BCUT2D eigenvalue weighted by molar-refractivity contribution is -0.211. The summed E-state index contributed by atoms with van der Waals surface area (Å²) >= 11 is 0. The molecule has 0 saturated heterocycles. The number of aryl methyl sites for hydroxylation is 1. The molecule has 2 aromatic rings. The Balaban J connectivity index is 2.48. The van der Waals surface area contributed by atoms with E-state index in [-0.39, 0.29) is 5.41 Å². The van der Waals surface area contributed by atoms with Crippen LogP contribution in [-0.2, 0) is 21.5 Å². The van der Waals surface area contributed by atoms with Crippen LogP contribution in [0.4, 0.5) is 0 Å². The number of carbonyl (C=O) groups is 1. The minimum Gasteiger partial charge on any atom is -0.287 e. The summed E-state index contributed by atoms with van der Waals surface area (Å²) in [7, 11) is 0. The number of benzene rings is 2. The van der Waals surface area contributed by atoms with Crippen LogP contribution in [-0.4, -0.2) is 5.97 Å². The molecule has 0 fully saturated rings. The van der Waals surface area contributed by atoms with Crippen LogP contribution in [0.25, 0.3) is 0 Å². The zero-order valence-electron chi connectivity index (χ0n) is 13.6. The van der Waals surface area contributed by atoms with E-state index in [1.807, 2.05) is 30.3 Å². The largest absolute Gasteiger partial charge is 0.352 e. The molecular formula is C19H22O3. The quantitative estimate of drug-likeness (QED) is 0.605. The van der Waals surface area contributed by atoms with Crippen LogP contribution in [0.2, 0.25) is 0 Å². The first kappa shape index (κ1) is 16.1. The maximum absolute atomic E-state index is 11.0. The Bertz CT molecular complexity index is 645. The van der Waals surface area contributed by atoms with Crippen molar-refractivity contribution in [2.45, 2.75) is 39.5 Å². The van der Waals surface area contributed by atoms with E-state index in [9.17, 15) is 4.79 Å². The topological polar surface area (TPSA) is 35.5 Å². The molecule has 22 heavy (non-hydrogen) atoms. The van der Waals surface area contributed by atoms with Crippen LogP contribution in [0, 0.1) is 0 Å². The van der Waals surface area contributed by atoms with Gasteiger partial charge in [0.2, 0.25) is 0 Å². The van der Waals surface area contributed by atoms with Gasteiger partial charge in [0, 0.05) is 17.9 Å². The van der Waals surface area contributed by atoms with E-state index in [1.54, 1.807) is 0 Å². The van der Waals surface area contributed by atoms with Crippen molar-refractivity contribution in [3.8, 4) is 5.75 Å². The van der Waals surface area contributed by atoms with Gasteiger partial charge >= 0.3 is 5.97 Å². The van der Waals surface area contributed by atoms with E-state index in [0.29, 0.717) is 5.75 Å². The fraction of sp³-hybridized carbons (Fsp3) is 0.316. The second-order valence-corrected chi connectivity index (χ2v) is 5.83. The van der Waals surface area contributed by atoms with Crippen LogP contribution >= 0.6 is 0 Å². The molecular weight excluding hydrogens is 276 g/mol. The first-order valence-corrected chi connectivity index (χ1v) is 7.49. The molecule has 0 aliphatic rings. The lowest BCUT2D eigenvalue weighted by Crippen LogP contribution is -2.21. The van der Waals surface area contributed by atoms with Crippen molar-refractivity contribution in [1.82, 2.24) is 0 Å². The van der Waals surface area contributed by atoms with Crippen LogP contribution in [0.1, 0.15) is 44.4 Å². The van der Waals surface area contributed by atoms with E-state index in [2.05, 4.69) is 39.0 Å². The van der Waals surface area contributed by atoms with E-state index in [1.165, 1.54) is 18.1 Å². The highest BCUT2D eigenvalue weighted by atomic mass is 17.2. The zero-order chi connectivity index (χ0) is 16.2. The van der Waals surface area contributed by atoms with Gasteiger partial charge in [-0.25, -0.2) is 4.79 Å². The molecule has 0 amide bonds. The molecule has 0 N–H and O–H groups in total. The van der Waals surface area contributed by atoms with Crippen LogP contribution < -0.4 is 4.89 Å². The molecule has 0 aliphatic heterocycles. The first-order valence-electron chi connectivity index (χ1n) is 7.49. The number of rotatable bonds is 5. The van der Waals surface area contributed by atoms with Crippen molar-refractivity contribution >= 4 is 5.97 Å². The van der Waals surface area contributed by atoms with E-state index < -0.39 is 5.97 Å².